The molecule has 1 aliphatic rings. The number of halogens is 1. The van der Waals surface area contributed by atoms with E-state index in [0.29, 0.717) is 26.2 Å². The Bertz CT molecular complexity index is 666. The summed E-state index contributed by atoms with van der Waals surface area (Å²) in [5, 5.41) is 19.3. The predicted octanol–water partition coefficient (Wildman–Crippen LogP) is 2.07. The number of amides is 2. The summed E-state index contributed by atoms with van der Waals surface area (Å²) in [6, 6.07) is 6.64. The van der Waals surface area contributed by atoms with E-state index in [1.807, 2.05) is 4.90 Å². The van der Waals surface area contributed by atoms with Crippen molar-refractivity contribution in [2.45, 2.75) is 0 Å². The van der Waals surface area contributed by atoms with Gasteiger partial charge in [-0.2, -0.15) is 0 Å². The van der Waals surface area contributed by atoms with Crippen LogP contribution in [0.25, 0.3) is 0 Å². The molecule has 0 bridgehead atoms. The van der Waals surface area contributed by atoms with Crippen LogP contribution in [-0.2, 0) is 4.84 Å². The third-order valence-electron chi connectivity index (χ3n) is 3.03. The van der Waals surface area contributed by atoms with E-state index in [2.05, 4.69) is 9.98 Å². The number of hydrogen-bond donors (Lipinski definition) is 2. The minimum Gasteiger partial charge on any atom is -0.506 e. The van der Waals surface area contributed by atoms with Gasteiger partial charge in [-0.1, -0.05) is 11.6 Å². The molecule has 2 amide bonds. The Morgan fingerprint density at radius 1 is 1.22 bits per heavy atom. The van der Waals surface area contributed by atoms with Crippen LogP contribution < -0.4 is 4.90 Å². The molecule has 0 radical (unpaired) electrons. The summed E-state index contributed by atoms with van der Waals surface area (Å²) in [7, 11) is 0. The molecule has 1 aromatic carbocycles. The summed E-state index contributed by atoms with van der Waals surface area (Å²) in [4.78, 5) is 34.2. The molecule has 1 heterocycles. The molecule has 0 aliphatic carbocycles. The number of benzene rings is 1. The van der Waals surface area contributed by atoms with Gasteiger partial charge in [0.15, 0.2) is 0 Å². The average Bonchev–Trinajstić information content (AvgIpc) is 2.50. The largest absolute Gasteiger partial charge is 0.506 e. The van der Waals surface area contributed by atoms with Gasteiger partial charge in [-0.15, -0.1) is 15.0 Å². The highest BCUT2D eigenvalue weighted by Crippen LogP contribution is 2.28. The van der Waals surface area contributed by atoms with Crippen LogP contribution in [0.5, 0.6) is 5.75 Å². The molecular formula is C13H13ClN4O5. The van der Waals surface area contributed by atoms with E-state index in [-0.39, 0.29) is 10.8 Å². The zero-order chi connectivity index (χ0) is 16.8. The maximum Gasteiger partial charge on any atom is 0.462 e. The van der Waals surface area contributed by atoms with Gasteiger partial charge in [-0.05, 0) is 18.2 Å². The Hall–Kier alpha value is -2.61. The number of aromatic hydroxyl groups is 1. The minimum atomic E-state index is -1.50. The lowest BCUT2D eigenvalue weighted by Crippen LogP contribution is -2.46. The number of piperazine rings is 1. The lowest BCUT2D eigenvalue weighted by atomic mass is 10.2. The normalized spacial score (nSPS) is 14.7. The van der Waals surface area contributed by atoms with Gasteiger partial charge in [0.2, 0.25) is 0 Å². The Kier molecular flexibility index (Phi) is 5.53. The molecule has 0 saturated carbocycles. The van der Waals surface area contributed by atoms with Crippen LogP contribution in [-0.4, -0.2) is 59.7 Å². The molecule has 2 N–H and O–H groups in total. The number of hydrogen-bond acceptors (Lipinski definition) is 6. The highest BCUT2D eigenvalue weighted by Gasteiger charge is 2.20. The van der Waals surface area contributed by atoms with Crippen molar-refractivity contribution in [1.29, 1.82) is 0 Å². The SMILES string of the molecule is O=C(O)N=C=NC(=O)ON1CCN(c2ccc(O)c(Cl)c2)CC1. The van der Waals surface area contributed by atoms with Crippen LogP contribution in [0.3, 0.4) is 0 Å². The van der Waals surface area contributed by atoms with Crippen LogP contribution in [0, 0.1) is 0 Å². The van der Waals surface area contributed by atoms with Crippen molar-refractivity contribution in [1.82, 2.24) is 5.06 Å². The molecule has 10 heteroatoms. The van der Waals surface area contributed by atoms with E-state index in [9.17, 15) is 14.7 Å². The quantitative estimate of drug-likeness (QED) is 0.792. The first kappa shape index (κ1) is 16.8. The fourth-order valence-corrected chi connectivity index (χ4v) is 2.14. The lowest BCUT2D eigenvalue weighted by Gasteiger charge is -2.34. The maximum atomic E-state index is 11.3. The molecular weight excluding hydrogens is 328 g/mol. The molecule has 1 aliphatic heterocycles. The van der Waals surface area contributed by atoms with Crippen LogP contribution >= 0.6 is 11.6 Å². The first-order chi connectivity index (χ1) is 11.0. The molecule has 23 heavy (non-hydrogen) atoms. The van der Waals surface area contributed by atoms with Gasteiger partial charge in [0.25, 0.3) is 0 Å². The van der Waals surface area contributed by atoms with Crippen molar-refractivity contribution in [2.75, 3.05) is 31.1 Å². The number of phenols is 1. The van der Waals surface area contributed by atoms with Crippen molar-refractivity contribution in [2.24, 2.45) is 9.98 Å². The van der Waals surface area contributed by atoms with Gasteiger partial charge < -0.3 is 20.0 Å². The summed E-state index contributed by atoms with van der Waals surface area (Å²) >= 11 is 5.87. The van der Waals surface area contributed by atoms with Gasteiger partial charge in [-0.25, -0.2) is 9.59 Å². The molecule has 0 unspecified atom stereocenters. The van der Waals surface area contributed by atoms with E-state index in [0.717, 1.165) is 5.69 Å². The van der Waals surface area contributed by atoms with Crippen LogP contribution in [0.2, 0.25) is 5.02 Å². The first-order valence-electron chi connectivity index (χ1n) is 6.55. The number of aliphatic imine (C=N–C) groups is 2. The molecule has 2 rings (SSSR count). The van der Waals surface area contributed by atoms with E-state index in [1.54, 1.807) is 18.1 Å². The summed E-state index contributed by atoms with van der Waals surface area (Å²) in [5.41, 5.74) is 0.852. The Labute approximate surface area is 136 Å². The van der Waals surface area contributed by atoms with Crippen molar-refractivity contribution >= 4 is 35.5 Å². The number of carbonyl (C=O) groups is 2. The summed E-state index contributed by atoms with van der Waals surface area (Å²) in [5.74, 6) is 0.0175. The fraction of sp³-hybridized carbons (Fsp3) is 0.308. The van der Waals surface area contributed by atoms with Crippen LogP contribution in [0.1, 0.15) is 0 Å². The number of anilines is 1. The molecule has 1 fully saturated rings. The van der Waals surface area contributed by atoms with Gasteiger partial charge >= 0.3 is 12.2 Å². The van der Waals surface area contributed by atoms with Gasteiger partial charge in [0, 0.05) is 18.8 Å². The number of hydroxylamine groups is 2. The third kappa shape index (κ3) is 4.96. The highest BCUT2D eigenvalue weighted by atomic mass is 35.5. The Morgan fingerprint density at radius 2 is 1.91 bits per heavy atom. The minimum absolute atomic E-state index is 0.0175. The second kappa shape index (κ2) is 7.59. The van der Waals surface area contributed by atoms with E-state index in [4.69, 9.17) is 21.5 Å². The smallest absolute Gasteiger partial charge is 0.462 e. The van der Waals surface area contributed by atoms with Crippen molar-refractivity contribution in [3.8, 4) is 5.75 Å². The third-order valence-corrected chi connectivity index (χ3v) is 3.33. The second-order valence-electron chi connectivity index (χ2n) is 4.52. The van der Waals surface area contributed by atoms with Gasteiger partial charge in [0.1, 0.15) is 11.8 Å². The van der Waals surface area contributed by atoms with E-state index >= 15 is 0 Å². The maximum absolute atomic E-state index is 11.3. The summed E-state index contributed by atoms with van der Waals surface area (Å²) in [6.07, 6.45) is -2.49. The fourth-order valence-electron chi connectivity index (χ4n) is 1.97. The summed E-state index contributed by atoms with van der Waals surface area (Å²) in [6.45, 7) is 1.99. The number of carboxylic acid groups (broad SMARTS) is 1. The molecule has 0 aromatic heterocycles. The first-order valence-corrected chi connectivity index (χ1v) is 6.93. The number of rotatable bonds is 2. The Morgan fingerprint density at radius 3 is 2.52 bits per heavy atom. The van der Waals surface area contributed by atoms with Crippen molar-refractivity contribution < 1.29 is 24.6 Å². The number of carbonyl (C=O) groups excluding carboxylic acids is 1. The highest BCUT2D eigenvalue weighted by molar-refractivity contribution is 6.32. The molecule has 9 nitrogen and oxygen atoms in total. The molecule has 1 saturated heterocycles. The zero-order valence-electron chi connectivity index (χ0n) is 11.8. The van der Waals surface area contributed by atoms with Crippen LogP contribution in [0.4, 0.5) is 15.3 Å². The number of phenolic OH excluding ortho intramolecular Hbond substituents is 1. The monoisotopic (exact) mass is 340 g/mol. The molecule has 0 atom stereocenters. The van der Waals surface area contributed by atoms with E-state index in [1.165, 1.54) is 11.1 Å². The lowest BCUT2D eigenvalue weighted by molar-refractivity contribution is -0.0983. The summed E-state index contributed by atoms with van der Waals surface area (Å²) < 4.78 is 0. The average molecular weight is 341 g/mol. The Balaban J connectivity index is 1.86. The number of nitrogens with zero attached hydrogens (tertiary/aromatic N) is 4. The van der Waals surface area contributed by atoms with Gasteiger partial charge in [-0.3, -0.25) is 0 Å². The zero-order valence-corrected chi connectivity index (χ0v) is 12.6. The molecule has 1 aromatic rings. The van der Waals surface area contributed by atoms with Crippen LogP contribution in [0.15, 0.2) is 28.2 Å². The van der Waals surface area contributed by atoms with Crippen molar-refractivity contribution in [3.05, 3.63) is 23.2 Å². The van der Waals surface area contributed by atoms with Gasteiger partial charge in [0.05, 0.1) is 18.1 Å². The van der Waals surface area contributed by atoms with E-state index < -0.39 is 12.2 Å². The topological polar surface area (TPSA) is 115 Å². The van der Waals surface area contributed by atoms with Crippen molar-refractivity contribution in [3.63, 3.8) is 0 Å². The molecule has 122 valence electrons. The molecule has 0 spiro atoms. The second-order valence-corrected chi connectivity index (χ2v) is 4.92. The predicted molar refractivity (Wildman–Crippen MR) is 81.3 cm³/mol. The standard InChI is InChI=1S/C13H13ClN4O5/c14-10-7-9(1-2-11(10)19)17-3-5-18(6-4-17)23-13(22)16-8-15-12(20)21/h1-2,7,19H,3-6H2,(H,20,21).